The summed E-state index contributed by atoms with van der Waals surface area (Å²) in [6, 6.07) is 21.6. The molecule has 1 fully saturated rings. The van der Waals surface area contributed by atoms with E-state index in [2.05, 4.69) is 80.7 Å². The highest BCUT2D eigenvalue weighted by molar-refractivity contribution is 6.91. The smallest absolute Gasteiger partial charge is 0.163 e. The summed E-state index contributed by atoms with van der Waals surface area (Å²) in [4.78, 5) is 0. The fourth-order valence-corrected chi connectivity index (χ4v) is 6.76. The van der Waals surface area contributed by atoms with E-state index in [1.807, 2.05) is 13.8 Å². The van der Waals surface area contributed by atoms with Crippen molar-refractivity contribution in [2.45, 2.75) is 51.3 Å². The zero-order chi connectivity index (χ0) is 18.1. The molecular weight excluding hydrogens is 324 g/mol. The molecule has 1 heterocycles. The molecule has 0 spiro atoms. The van der Waals surface area contributed by atoms with Crippen molar-refractivity contribution in [3.8, 4) is 0 Å². The van der Waals surface area contributed by atoms with Crippen molar-refractivity contribution in [2.75, 3.05) is 6.61 Å². The maximum absolute atomic E-state index is 6.42. The van der Waals surface area contributed by atoms with E-state index in [1.54, 1.807) is 0 Å². The van der Waals surface area contributed by atoms with Crippen LogP contribution in [-0.2, 0) is 9.47 Å². The van der Waals surface area contributed by atoms with Gasteiger partial charge in [-0.05, 0) is 25.0 Å². The molecule has 0 amide bonds. The Balaban J connectivity index is 1.93. The summed E-state index contributed by atoms with van der Waals surface area (Å²) in [5.41, 5.74) is 1.80. The minimum absolute atomic E-state index is 0.0791. The van der Waals surface area contributed by atoms with Crippen molar-refractivity contribution in [3.05, 3.63) is 66.2 Å². The standard InChI is InChI=1S/C22H30O2Si/c1-17(25(4,5)19-14-10-7-11-15-19)20-16-23-22(2,3)24-21(20)18-12-8-6-9-13-18/h6-15,17,20-21H,16H2,1-5H3/t17-,20+,21-/m0/s1. The lowest BCUT2D eigenvalue weighted by molar-refractivity contribution is -0.296. The predicted molar refractivity (Wildman–Crippen MR) is 107 cm³/mol. The molecule has 0 aliphatic carbocycles. The monoisotopic (exact) mass is 354 g/mol. The number of hydrogen-bond acceptors (Lipinski definition) is 2. The van der Waals surface area contributed by atoms with E-state index in [1.165, 1.54) is 10.8 Å². The molecule has 3 heteroatoms. The van der Waals surface area contributed by atoms with Crippen molar-refractivity contribution in [2.24, 2.45) is 5.92 Å². The van der Waals surface area contributed by atoms with Gasteiger partial charge < -0.3 is 9.47 Å². The summed E-state index contributed by atoms with van der Waals surface area (Å²) in [7, 11) is -1.65. The molecular formula is C22H30O2Si. The Morgan fingerprint density at radius 1 is 0.960 bits per heavy atom. The van der Waals surface area contributed by atoms with Crippen LogP contribution in [0.4, 0.5) is 0 Å². The highest BCUT2D eigenvalue weighted by Gasteiger charge is 2.45. The zero-order valence-corrected chi connectivity index (χ0v) is 17.0. The lowest BCUT2D eigenvalue weighted by atomic mass is 9.92. The van der Waals surface area contributed by atoms with E-state index < -0.39 is 13.9 Å². The largest absolute Gasteiger partial charge is 0.350 e. The van der Waals surface area contributed by atoms with Crippen LogP contribution in [0.25, 0.3) is 0 Å². The highest BCUT2D eigenvalue weighted by Crippen LogP contribution is 2.45. The second-order valence-electron chi connectivity index (χ2n) is 8.20. The second-order valence-corrected chi connectivity index (χ2v) is 13.1. The first kappa shape index (κ1) is 18.4. The van der Waals surface area contributed by atoms with Crippen molar-refractivity contribution in [3.63, 3.8) is 0 Å². The van der Waals surface area contributed by atoms with Crippen LogP contribution in [-0.4, -0.2) is 20.5 Å². The van der Waals surface area contributed by atoms with Gasteiger partial charge in [-0.25, -0.2) is 0 Å². The van der Waals surface area contributed by atoms with Gasteiger partial charge in [-0.2, -0.15) is 0 Å². The molecule has 1 aliphatic heterocycles. The van der Waals surface area contributed by atoms with Gasteiger partial charge in [-0.15, -0.1) is 0 Å². The van der Waals surface area contributed by atoms with Crippen LogP contribution in [0.3, 0.4) is 0 Å². The van der Waals surface area contributed by atoms with Gasteiger partial charge >= 0.3 is 0 Å². The van der Waals surface area contributed by atoms with Crippen molar-refractivity contribution < 1.29 is 9.47 Å². The fourth-order valence-electron chi connectivity index (χ4n) is 3.84. The van der Waals surface area contributed by atoms with Crippen molar-refractivity contribution in [1.82, 2.24) is 0 Å². The Kier molecular flexibility index (Phi) is 5.19. The van der Waals surface area contributed by atoms with Gasteiger partial charge in [0.1, 0.15) is 0 Å². The molecule has 134 valence electrons. The summed E-state index contributed by atoms with van der Waals surface area (Å²) in [6.45, 7) is 12.1. The molecule has 0 saturated carbocycles. The summed E-state index contributed by atoms with van der Waals surface area (Å²) < 4.78 is 12.5. The fraction of sp³-hybridized carbons (Fsp3) is 0.455. The molecule has 25 heavy (non-hydrogen) atoms. The SMILES string of the molecule is C[C@@H]([C@H]1COC(C)(C)O[C@H]1c1ccccc1)[Si](C)(C)c1ccccc1. The summed E-state index contributed by atoms with van der Waals surface area (Å²) in [5, 5.41) is 1.50. The lowest BCUT2D eigenvalue weighted by Gasteiger charge is -2.47. The van der Waals surface area contributed by atoms with Gasteiger partial charge in [0, 0.05) is 5.92 Å². The van der Waals surface area contributed by atoms with E-state index in [9.17, 15) is 0 Å². The first-order valence-corrected chi connectivity index (χ1v) is 12.3. The first-order chi connectivity index (χ1) is 11.8. The molecule has 2 aromatic rings. The Bertz CT molecular complexity index is 682. The van der Waals surface area contributed by atoms with Gasteiger partial charge in [-0.3, -0.25) is 0 Å². The third-order valence-electron chi connectivity index (χ3n) is 5.85. The molecule has 3 atom stereocenters. The second kappa shape index (κ2) is 7.06. The molecule has 0 radical (unpaired) electrons. The quantitative estimate of drug-likeness (QED) is 0.708. The van der Waals surface area contributed by atoms with Crippen LogP contribution in [0.5, 0.6) is 0 Å². The normalized spacial score (nSPS) is 24.7. The average molecular weight is 355 g/mol. The topological polar surface area (TPSA) is 18.5 Å². The van der Waals surface area contributed by atoms with Gasteiger partial charge in [0.2, 0.25) is 0 Å². The van der Waals surface area contributed by atoms with Crippen LogP contribution >= 0.6 is 0 Å². The molecule has 0 bridgehead atoms. The average Bonchev–Trinajstić information content (AvgIpc) is 2.62. The Labute approximate surface area is 153 Å². The molecule has 0 unspecified atom stereocenters. The molecule has 0 N–H and O–H groups in total. The van der Waals surface area contributed by atoms with Crippen LogP contribution in [0.1, 0.15) is 32.4 Å². The van der Waals surface area contributed by atoms with E-state index in [0.717, 1.165) is 6.61 Å². The summed E-state index contributed by atoms with van der Waals surface area (Å²) in [6.07, 6.45) is 0.0791. The highest BCUT2D eigenvalue weighted by atomic mass is 28.3. The molecule has 2 nitrogen and oxygen atoms in total. The van der Waals surface area contributed by atoms with E-state index >= 15 is 0 Å². The number of ether oxygens (including phenoxy) is 2. The van der Waals surface area contributed by atoms with Crippen LogP contribution in [0, 0.1) is 5.92 Å². The molecule has 1 saturated heterocycles. The minimum Gasteiger partial charge on any atom is -0.350 e. The van der Waals surface area contributed by atoms with Crippen LogP contribution in [0.2, 0.25) is 18.6 Å². The third kappa shape index (κ3) is 3.89. The molecule has 2 aromatic carbocycles. The maximum Gasteiger partial charge on any atom is 0.163 e. The van der Waals surface area contributed by atoms with Crippen molar-refractivity contribution in [1.29, 1.82) is 0 Å². The lowest BCUT2D eigenvalue weighted by Crippen LogP contribution is -2.52. The Morgan fingerprint density at radius 2 is 1.52 bits per heavy atom. The van der Waals surface area contributed by atoms with E-state index in [0.29, 0.717) is 11.5 Å². The van der Waals surface area contributed by atoms with Gasteiger partial charge in [0.15, 0.2) is 5.79 Å². The molecule has 1 aliphatic rings. The van der Waals surface area contributed by atoms with E-state index in [-0.39, 0.29) is 6.10 Å². The Hall–Kier alpha value is -1.42. The minimum atomic E-state index is -1.65. The van der Waals surface area contributed by atoms with Crippen LogP contribution in [0.15, 0.2) is 60.7 Å². The first-order valence-electron chi connectivity index (χ1n) is 9.23. The number of hydrogen-bond donors (Lipinski definition) is 0. The number of benzene rings is 2. The Morgan fingerprint density at radius 3 is 2.12 bits per heavy atom. The van der Waals surface area contributed by atoms with Gasteiger partial charge in [0.25, 0.3) is 0 Å². The van der Waals surface area contributed by atoms with Gasteiger partial charge in [-0.1, -0.05) is 85.9 Å². The zero-order valence-electron chi connectivity index (χ0n) is 16.0. The summed E-state index contributed by atoms with van der Waals surface area (Å²) in [5.74, 6) is -0.174. The third-order valence-corrected chi connectivity index (χ3v) is 10.4. The van der Waals surface area contributed by atoms with Crippen molar-refractivity contribution >= 4 is 13.3 Å². The molecule has 0 aromatic heterocycles. The van der Waals surface area contributed by atoms with Gasteiger partial charge in [0.05, 0.1) is 20.8 Å². The maximum atomic E-state index is 6.42. The summed E-state index contributed by atoms with van der Waals surface area (Å²) >= 11 is 0. The van der Waals surface area contributed by atoms with Crippen LogP contribution < -0.4 is 5.19 Å². The number of rotatable bonds is 4. The predicted octanol–water partition coefficient (Wildman–Crippen LogP) is 5.13. The molecule has 3 rings (SSSR count). The van der Waals surface area contributed by atoms with E-state index in [4.69, 9.17) is 9.47 Å².